The van der Waals surface area contributed by atoms with Gasteiger partial charge in [-0.25, -0.2) is 4.79 Å². The van der Waals surface area contributed by atoms with Crippen LogP contribution in [0.4, 0.5) is 4.79 Å². The number of carbonyl (C=O) groups excluding carboxylic acids is 2. The molecule has 9 heteroatoms. The molecular weight excluding hydrogens is 431 g/mol. The normalized spacial score (nSPS) is 17.8. The van der Waals surface area contributed by atoms with Gasteiger partial charge in [0, 0.05) is 10.6 Å². The standard InChI is InChI=1S/C21H30Cl2N2O5/c1-6-13(2)17(25-19(27)30-20(3,4)5)18(26)24-12-21(28-9-10-29-21)15-8-7-14(22)11-16(15)23/h7-8,11,13,17H,6,9-10,12H2,1-5H3,(H,24,26)(H,25,27). The molecule has 0 bridgehead atoms. The third-order valence-corrected chi connectivity index (χ3v) is 5.31. The van der Waals surface area contributed by atoms with Crippen LogP contribution in [0, 0.1) is 5.92 Å². The summed E-state index contributed by atoms with van der Waals surface area (Å²) in [6.45, 7) is 9.86. The Morgan fingerprint density at radius 3 is 2.40 bits per heavy atom. The SMILES string of the molecule is CCC(C)C(NC(=O)OC(C)(C)C)C(=O)NCC1(c2ccc(Cl)cc2Cl)OCCO1. The lowest BCUT2D eigenvalue weighted by molar-refractivity contribution is -0.165. The summed E-state index contributed by atoms with van der Waals surface area (Å²) in [5.41, 5.74) is -0.0897. The second kappa shape index (κ2) is 10.2. The van der Waals surface area contributed by atoms with Crippen molar-refractivity contribution < 1.29 is 23.8 Å². The Balaban J connectivity index is 2.14. The van der Waals surface area contributed by atoms with E-state index in [1.54, 1.807) is 39.0 Å². The van der Waals surface area contributed by atoms with Gasteiger partial charge in [-0.2, -0.15) is 0 Å². The quantitative estimate of drug-likeness (QED) is 0.634. The fraction of sp³-hybridized carbons (Fsp3) is 0.619. The molecule has 0 saturated carbocycles. The third-order valence-electron chi connectivity index (χ3n) is 4.76. The summed E-state index contributed by atoms with van der Waals surface area (Å²) in [6, 6.07) is 4.22. The summed E-state index contributed by atoms with van der Waals surface area (Å²) in [6.07, 6.45) is 0.0430. The van der Waals surface area contributed by atoms with E-state index in [0.717, 1.165) is 0 Å². The number of nitrogens with one attached hydrogen (secondary N) is 2. The summed E-state index contributed by atoms with van der Waals surface area (Å²) in [4.78, 5) is 25.2. The fourth-order valence-corrected chi connectivity index (χ4v) is 3.61. The monoisotopic (exact) mass is 460 g/mol. The number of halogens is 2. The molecule has 1 aromatic rings. The van der Waals surface area contributed by atoms with E-state index < -0.39 is 23.5 Å². The first kappa shape index (κ1) is 24.7. The number of ether oxygens (including phenoxy) is 3. The molecule has 2 N–H and O–H groups in total. The Morgan fingerprint density at radius 1 is 1.23 bits per heavy atom. The maximum atomic E-state index is 13.0. The number of alkyl carbamates (subject to hydrolysis) is 1. The Bertz CT molecular complexity index is 760. The van der Waals surface area contributed by atoms with Crippen molar-refractivity contribution in [2.24, 2.45) is 5.92 Å². The molecule has 1 aromatic carbocycles. The van der Waals surface area contributed by atoms with Crippen molar-refractivity contribution in [3.8, 4) is 0 Å². The van der Waals surface area contributed by atoms with Crippen LogP contribution in [0.1, 0.15) is 46.6 Å². The van der Waals surface area contributed by atoms with Crippen LogP contribution in [0.2, 0.25) is 10.0 Å². The van der Waals surface area contributed by atoms with Gasteiger partial charge in [-0.05, 0) is 38.8 Å². The highest BCUT2D eigenvalue weighted by molar-refractivity contribution is 6.35. The van der Waals surface area contributed by atoms with Gasteiger partial charge >= 0.3 is 6.09 Å². The van der Waals surface area contributed by atoms with Crippen molar-refractivity contribution in [2.75, 3.05) is 19.8 Å². The number of benzene rings is 1. The molecule has 1 heterocycles. The second-order valence-electron chi connectivity index (χ2n) is 8.30. The summed E-state index contributed by atoms with van der Waals surface area (Å²) >= 11 is 12.3. The highest BCUT2D eigenvalue weighted by atomic mass is 35.5. The zero-order valence-corrected chi connectivity index (χ0v) is 19.5. The molecule has 1 saturated heterocycles. The Morgan fingerprint density at radius 2 is 1.87 bits per heavy atom. The predicted molar refractivity (Wildman–Crippen MR) is 116 cm³/mol. The van der Waals surface area contributed by atoms with Gasteiger partial charge in [0.25, 0.3) is 0 Å². The van der Waals surface area contributed by atoms with Crippen molar-refractivity contribution in [3.63, 3.8) is 0 Å². The van der Waals surface area contributed by atoms with E-state index in [1.807, 2.05) is 13.8 Å². The number of carbonyl (C=O) groups is 2. The summed E-state index contributed by atoms with van der Waals surface area (Å²) in [5.74, 6) is -1.69. The van der Waals surface area contributed by atoms with Crippen molar-refractivity contribution in [2.45, 2.75) is 58.5 Å². The Hall–Kier alpha value is -1.54. The Labute approximate surface area is 187 Å². The van der Waals surface area contributed by atoms with Crippen molar-refractivity contribution in [3.05, 3.63) is 33.8 Å². The van der Waals surface area contributed by atoms with Crippen molar-refractivity contribution >= 4 is 35.2 Å². The molecule has 2 rings (SSSR count). The maximum absolute atomic E-state index is 13.0. The van der Waals surface area contributed by atoms with Crippen LogP contribution >= 0.6 is 23.2 Å². The van der Waals surface area contributed by atoms with Crippen LogP contribution < -0.4 is 10.6 Å². The molecular formula is C21H30Cl2N2O5. The predicted octanol–water partition coefficient (Wildman–Crippen LogP) is 4.25. The van der Waals surface area contributed by atoms with E-state index in [9.17, 15) is 9.59 Å². The summed E-state index contributed by atoms with van der Waals surface area (Å²) < 4.78 is 17.0. The number of hydrogen-bond donors (Lipinski definition) is 2. The molecule has 30 heavy (non-hydrogen) atoms. The summed E-state index contributed by atoms with van der Waals surface area (Å²) in [5, 5.41) is 6.37. The van der Waals surface area contributed by atoms with E-state index in [-0.39, 0.29) is 18.4 Å². The van der Waals surface area contributed by atoms with Crippen LogP contribution in [0.3, 0.4) is 0 Å². The molecule has 1 aliphatic rings. The van der Waals surface area contributed by atoms with E-state index in [4.69, 9.17) is 37.4 Å². The molecule has 1 fully saturated rings. The second-order valence-corrected chi connectivity index (χ2v) is 9.14. The minimum absolute atomic E-state index is 0.0239. The van der Waals surface area contributed by atoms with Gasteiger partial charge in [0.05, 0.1) is 24.8 Å². The first-order valence-electron chi connectivity index (χ1n) is 9.98. The average molecular weight is 461 g/mol. The third kappa shape index (κ3) is 6.48. The molecule has 2 amide bonds. The molecule has 0 aromatic heterocycles. The molecule has 0 aliphatic carbocycles. The van der Waals surface area contributed by atoms with Crippen molar-refractivity contribution in [1.82, 2.24) is 10.6 Å². The van der Waals surface area contributed by atoms with E-state index in [0.29, 0.717) is 35.2 Å². The topological polar surface area (TPSA) is 85.9 Å². The first-order valence-corrected chi connectivity index (χ1v) is 10.7. The molecule has 1 aliphatic heterocycles. The largest absolute Gasteiger partial charge is 0.444 e. The van der Waals surface area contributed by atoms with Crippen LogP contribution in [-0.2, 0) is 24.8 Å². The van der Waals surface area contributed by atoms with Crippen LogP contribution in [0.25, 0.3) is 0 Å². The molecule has 2 atom stereocenters. The maximum Gasteiger partial charge on any atom is 0.408 e. The van der Waals surface area contributed by atoms with Crippen molar-refractivity contribution in [1.29, 1.82) is 0 Å². The van der Waals surface area contributed by atoms with Crippen LogP contribution in [0.5, 0.6) is 0 Å². The molecule has 2 unspecified atom stereocenters. The van der Waals surface area contributed by atoms with Gasteiger partial charge in [0.2, 0.25) is 11.7 Å². The summed E-state index contributed by atoms with van der Waals surface area (Å²) in [7, 11) is 0. The Kier molecular flexibility index (Phi) is 8.39. The number of amides is 2. The highest BCUT2D eigenvalue weighted by Crippen LogP contribution is 2.36. The molecule has 168 valence electrons. The lowest BCUT2D eigenvalue weighted by Gasteiger charge is -2.31. The fourth-order valence-electron chi connectivity index (χ4n) is 3.06. The van der Waals surface area contributed by atoms with Gasteiger partial charge in [-0.3, -0.25) is 4.79 Å². The minimum atomic E-state index is -1.22. The zero-order chi connectivity index (χ0) is 22.5. The molecule has 7 nitrogen and oxygen atoms in total. The van der Waals surface area contributed by atoms with Gasteiger partial charge in [-0.1, -0.05) is 49.5 Å². The average Bonchev–Trinajstić information content (AvgIpc) is 3.12. The molecule has 0 radical (unpaired) electrons. The smallest absolute Gasteiger partial charge is 0.408 e. The lowest BCUT2D eigenvalue weighted by atomic mass is 9.98. The van der Waals surface area contributed by atoms with E-state index >= 15 is 0 Å². The zero-order valence-electron chi connectivity index (χ0n) is 18.0. The van der Waals surface area contributed by atoms with Gasteiger partial charge < -0.3 is 24.8 Å². The minimum Gasteiger partial charge on any atom is -0.444 e. The number of hydrogen-bond acceptors (Lipinski definition) is 5. The lowest BCUT2D eigenvalue weighted by Crippen LogP contribution is -2.53. The van der Waals surface area contributed by atoms with E-state index in [2.05, 4.69) is 10.6 Å². The number of rotatable bonds is 7. The van der Waals surface area contributed by atoms with Gasteiger partial charge in [0.15, 0.2) is 0 Å². The van der Waals surface area contributed by atoms with Crippen LogP contribution in [0.15, 0.2) is 18.2 Å². The highest BCUT2D eigenvalue weighted by Gasteiger charge is 2.41. The van der Waals surface area contributed by atoms with Gasteiger partial charge in [0.1, 0.15) is 11.6 Å². The molecule has 0 spiro atoms. The van der Waals surface area contributed by atoms with Gasteiger partial charge in [-0.15, -0.1) is 0 Å². The van der Waals surface area contributed by atoms with E-state index in [1.165, 1.54) is 0 Å². The first-order chi connectivity index (χ1) is 14.0. The van der Waals surface area contributed by atoms with Crippen LogP contribution in [-0.4, -0.2) is 43.4 Å².